The lowest BCUT2D eigenvalue weighted by Crippen LogP contribution is -2.15. The maximum Gasteiger partial charge on any atom is 0.227 e. The van der Waals surface area contributed by atoms with Crippen LogP contribution >= 0.6 is 23.7 Å². The molecule has 0 aliphatic heterocycles. The van der Waals surface area contributed by atoms with Crippen molar-refractivity contribution < 1.29 is 4.79 Å². The Morgan fingerprint density at radius 1 is 1.53 bits per heavy atom. The van der Waals surface area contributed by atoms with Gasteiger partial charge in [-0.2, -0.15) is 0 Å². The Morgan fingerprint density at radius 3 is 2.67 bits per heavy atom. The average Bonchev–Trinajstić information content (AvgIpc) is 2.53. The molecule has 0 bridgehead atoms. The molecular formula is C8H15ClN4OS. The van der Waals surface area contributed by atoms with Crippen LogP contribution in [0, 0.1) is 0 Å². The molecule has 1 rings (SSSR count). The summed E-state index contributed by atoms with van der Waals surface area (Å²) in [5.74, 6) is 0.228. The van der Waals surface area contributed by atoms with Gasteiger partial charge in [0.05, 0.1) is 0 Å². The van der Waals surface area contributed by atoms with Crippen LogP contribution in [0.5, 0.6) is 0 Å². The second-order valence-electron chi connectivity index (χ2n) is 3.19. The van der Waals surface area contributed by atoms with Crippen molar-refractivity contribution in [1.29, 1.82) is 0 Å². The van der Waals surface area contributed by atoms with Crippen LogP contribution in [0.4, 0.5) is 5.13 Å². The Kier molecular flexibility index (Phi) is 6.38. The van der Waals surface area contributed by atoms with Gasteiger partial charge in [0.15, 0.2) is 0 Å². The van der Waals surface area contributed by atoms with Crippen molar-refractivity contribution in [2.75, 3.05) is 11.9 Å². The normalized spacial score (nSPS) is 9.87. The number of nitrogens with one attached hydrogen (secondary N) is 1. The summed E-state index contributed by atoms with van der Waals surface area (Å²) in [6, 6.07) is 0. The van der Waals surface area contributed by atoms with Gasteiger partial charge in [0.1, 0.15) is 5.01 Å². The van der Waals surface area contributed by atoms with Crippen molar-refractivity contribution in [3.05, 3.63) is 5.01 Å². The third-order valence-corrected chi connectivity index (χ3v) is 2.69. The molecule has 0 fully saturated rings. The number of nitrogens with two attached hydrogens (primary N) is 1. The largest absolute Gasteiger partial charge is 0.330 e. The van der Waals surface area contributed by atoms with Crippen LogP contribution in [0.3, 0.4) is 0 Å². The van der Waals surface area contributed by atoms with E-state index in [1.165, 1.54) is 11.3 Å². The molecule has 86 valence electrons. The highest BCUT2D eigenvalue weighted by molar-refractivity contribution is 7.15. The maximum atomic E-state index is 11.1. The minimum atomic E-state index is -0.112. The third-order valence-electron chi connectivity index (χ3n) is 1.55. The van der Waals surface area contributed by atoms with Gasteiger partial charge >= 0.3 is 0 Å². The molecule has 7 heteroatoms. The molecule has 1 heterocycles. The number of hydrogen-bond acceptors (Lipinski definition) is 5. The molecule has 0 saturated carbocycles. The van der Waals surface area contributed by atoms with Crippen molar-refractivity contribution in [3.8, 4) is 0 Å². The first-order valence-electron chi connectivity index (χ1n) is 4.46. The molecule has 1 amide bonds. The summed E-state index contributed by atoms with van der Waals surface area (Å²) in [5, 5.41) is 11.9. The second kappa shape index (κ2) is 6.71. The van der Waals surface area contributed by atoms with Gasteiger partial charge in [0.25, 0.3) is 0 Å². The first kappa shape index (κ1) is 14.3. The van der Waals surface area contributed by atoms with Crippen molar-refractivity contribution >= 4 is 34.8 Å². The number of aromatic nitrogens is 2. The van der Waals surface area contributed by atoms with Gasteiger partial charge in [-0.25, -0.2) is 0 Å². The van der Waals surface area contributed by atoms with Crippen LogP contribution in [0.1, 0.15) is 31.2 Å². The molecule has 0 atom stereocenters. The number of carbonyl (C=O) groups is 1. The van der Waals surface area contributed by atoms with Gasteiger partial charge in [0.2, 0.25) is 11.0 Å². The average molecular weight is 251 g/mol. The first-order chi connectivity index (χ1) is 6.63. The number of nitrogens with zero attached hydrogens (tertiary/aromatic N) is 2. The van der Waals surface area contributed by atoms with Crippen LogP contribution < -0.4 is 11.1 Å². The second-order valence-corrected chi connectivity index (χ2v) is 4.20. The molecule has 3 N–H and O–H groups in total. The highest BCUT2D eigenvalue weighted by Gasteiger charge is 2.09. The molecule has 0 aliphatic rings. The van der Waals surface area contributed by atoms with E-state index in [9.17, 15) is 4.79 Å². The van der Waals surface area contributed by atoms with E-state index >= 15 is 0 Å². The Hall–Kier alpha value is -0.720. The Morgan fingerprint density at radius 2 is 2.20 bits per heavy atom. The van der Waals surface area contributed by atoms with Crippen LogP contribution in [0.15, 0.2) is 0 Å². The van der Waals surface area contributed by atoms with Crippen molar-refractivity contribution in [1.82, 2.24) is 10.2 Å². The summed E-state index contributed by atoms with van der Waals surface area (Å²) >= 11 is 1.40. The van der Waals surface area contributed by atoms with Gasteiger partial charge in [0, 0.05) is 18.9 Å². The number of amides is 1. The molecule has 0 saturated heterocycles. The lowest BCUT2D eigenvalue weighted by atomic mass is 10.2. The van der Waals surface area contributed by atoms with Crippen molar-refractivity contribution in [2.45, 2.75) is 26.2 Å². The zero-order chi connectivity index (χ0) is 10.6. The molecule has 0 aliphatic carbocycles. The fourth-order valence-electron chi connectivity index (χ4n) is 0.831. The van der Waals surface area contributed by atoms with Gasteiger partial charge in [-0.05, 0) is 0 Å². The summed E-state index contributed by atoms with van der Waals surface area (Å²) in [4.78, 5) is 11.1. The molecule has 5 nitrogen and oxygen atoms in total. The number of carbonyl (C=O) groups excluding carboxylic acids is 1. The number of anilines is 1. The number of hydrogen-bond donors (Lipinski definition) is 2. The first-order valence-corrected chi connectivity index (χ1v) is 5.28. The fourth-order valence-corrected chi connectivity index (χ4v) is 1.59. The van der Waals surface area contributed by atoms with Gasteiger partial charge < -0.3 is 11.1 Å². The zero-order valence-electron chi connectivity index (χ0n) is 8.69. The predicted octanol–water partition coefficient (Wildman–Crippen LogP) is 1.37. The van der Waals surface area contributed by atoms with Crippen molar-refractivity contribution in [3.63, 3.8) is 0 Å². The topological polar surface area (TPSA) is 80.9 Å². The molecule has 1 aromatic rings. The standard InChI is InChI=1S/C8H14N4OS.ClH/c1-5(2)7-11-12-8(14-7)10-6(13)3-4-9;/h5H,3-4,9H2,1-2H3,(H,10,12,13);1H. The van der Waals surface area contributed by atoms with E-state index in [1.807, 2.05) is 13.8 Å². The lowest BCUT2D eigenvalue weighted by Gasteiger charge is -1.97. The van der Waals surface area contributed by atoms with Crippen LogP contribution in [-0.2, 0) is 4.79 Å². The van der Waals surface area contributed by atoms with Crippen LogP contribution in [-0.4, -0.2) is 22.6 Å². The minimum absolute atomic E-state index is 0. The van der Waals surface area contributed by atoms with E-state index in [-0.39, 0.29) is 18.3 Å². The summed E-state index contributed by atoms with van der Waals surface area (Å²) < 4.78 is 0. The summed E-state index contributed by atoms with van der Waals surface area (Å²) in [6.45, 7) is 4.42. The predicted molar refractivity (Wildman–Crippen MR) is 63.5 cm³/mol. The summed E-state index contributed by atoms with van der Waals surface area (Å²) in [6.07, 6.45) is 0.316. The lowest BCUT2D eigenvalue weighted by molar-refractivity contribution is -0.116. The zero-order valence-corrected chi connectivity index (χ0v) is 10.3. The Balaban J connectivity index is 0.00000196. The Labute approximate surface area is 98.9 Å². The Bertz CT molecular complexity index is 315. The molecule has 0 radical (unpaired) electrons. The number of rotatable bonds is 4. The molecule has 15 heavy (non-hydrogen) atoms. The SMILES string of the molecule is CC(C)c1nnc(NC(=O)CCN)s1.Cl. The quantitative estimate of drug-likeness (QED) is 0.846. The number of halogens is 1. The van der Waals surface area contributed by atoms with E-state index in [0.717, 1.165) is 5.01 Å². The molecule has 0 aromatic carbocycles. The van der Waals surface area contributed by atoms with Crippen molar-refractivity contribution in [2.24, 2.45) is 5.73 Å². The van der Waals surface area contributed by atoms with E-state index in [0.29, 0.717) is 24.0 Å². The van der Waals surface area contributed by atoms with Gasteiger partial charge in [-0.3, -0.25) is 4.79 Å². The smallest absolute Gasteiger partial charge is 0.227 e. The molecule has 0 spiro atoms. The van der Waals surface area contributed by atoms with E-state index in [2.05, 4.69) is 15.5 Å². The molecular weight excluding hydrogens is 236 g/mol. The van der Waals surface area contributed by atoms with Crippen LogP contribution in [0.25, 0.3) is 0 Å². The van der Waals surface area contributed by atoms with Crippen LogP contribution in [0.2, 0.25) is 0 Å². The van der Waals surface area contributed by atoms with Gasteiger partial charge in [-0.1, -0.05) is 25.2 Å². The minimum Gasteiger partial charge on any atom is -0.330 e. The summed E-state index contributed by atoms with van der Waals surface area (Å²) in [5.41, 5.74) is 5.24. The summed E-state index contributed by atoms with van der Waals surface area (Å²) in [7, 11) is 0. The van der Waals surface area contributed by atoms with Gasteiger partial charge in [-0.15, -0.1) is 22.6 Å². The monoisotopic (exact) mass is 250 g/mol. The van der Waals surface area contributed by atoms with E-state index < -0.39 is 0 Å². The highest BCUT2D eigenvalue weighted by Crippen LogP contribution is 2.22. The third kappa shape index (κ3) is 4.55. The molecule has 1 aromatic heterocycles. The van der Waals surface area contributed by atoms with E-state index in [4.69, 9.17) is 5.73 Å². The maximum absolute atomic E-state index is 11.1. The highest BCUT2D eigenvalue weighted by atomic mass is 35.5. The molecule has 0 unspecified atom stereocenters. The van der Waals surface area contributed by atoms with E-state index in [1.54, 1.807) is 0 Å². The fraction of sp³-hybridized carbons (Fsp3) is 0.625.